The van der Waals surface area contributed by atoms with Crippen LogP contribution in [0.4, 0.5) is 10.1 Å². The van der Waals surface area contributed by atoms with Gasteiger partial charge in [0.1, 0.15) is 5.82 Å². The average Bonchev–Trinajstić information content (AvgIpc) is 2.54. The van der Waals surface area contributed by atoms with Gasteiger partial charge in [0, 0.05) is 20.0 Å². The molecule has 0 aromatic heterocycles. The summed E-state index contributed by atoms with van der Waals surface area (Å²) in [6, 6.07) is 13.8. The molecule has 0 radical (unpaired) electrons. The summed E-state index contributed by atoms with van der Waals surface area (Å²) in [5.41, 5.74) is 2.29. The summed E-state index contributed by atoms with van der Waals surface area (Å²) in [6.45, 7) is 3.85. The van der Waals surface area contributed by atoms with Gasteiger partial charge in [-0.25, -0.2) is 4.39 Å². The number of anilines is 1. The zero-order chi connectivity index (χ0) is 17.5. The van der Waals surface area contributed by atoms with Gasteiger partial charge in [-0.15, -0.1) is 0 Å². The molecular weight excluding hydrogens is 307 g/mol. The number of halogens is 1. The number of aryl methyl sites for hydroxylation is 1. The molecule has 5 heteroatoms. The van der Waals surface area contributed by atoms with Gasteiger partial charge in [0.25, 0.3) is 0 Å². The Morgan fingerprint density at radius 2 is 1.75 bits per heavy atom. The summed E-state index contributed by atoms with van der Waals surface area (Å²) in [7, 11) is 0. The number of hydrogen-bond acceptors (Lipinski definition) is 2. The zero-order valence-corrected chi connectivity index (χ0v) is 13.9. The van der Waals surface area contributed by atoms with Crippen LogP contribution in [-0.2, 0) is 16.0 Å². The fourth-order valence-electron chi connectivity index (χ4n) is 2.38. The number of nitrogens with one attached hydrogen (secondary N) is 1. The van der Waals surface area contributed by atoms with Crippen LogP contribution >= 0.6 is 0 Å². The summed E-state index contributed by atoms with van der Waals surface area (Å²) in [5, 5.41) is 2.77. The van der Waals surface area contributed by atoms with E-state index in [1.165, 1.54) is 17.9 Å². The van der Waals surface area contributed by atoms with Crippen LogP contribution in [-0.4, -0.2) is 24.9 Å². The predicted molar refractivity (Wildman–Crippen MR) is 92.3 cm³/mol. The van der Waals surface area contributed by atoms with Crippen LogP contribution in [0.1, 0.15) is 18.1 Å². The molecular formula is C19H21FN2O2. The summed E-state index contributed by atoms with van der Waals surface area (Å²) in [6.07, 6.45) is 0.278. The van der Waals surface area contributed by atoms with Crippen LogP contribution in [0.3, 0.4) is 0 Å². The van der Waals surface area contributed by atoms with Gasteiger partial charge < -0.3 is 10.2 Å². The van der Waals surface area contributed by atoms with E-state index in [0.717, 1.165) is 11.1 Å². The lowest BCUT2D eigenvalue weighted by atomic mass is 10.1. The fraction of sp³-hybridized carbons (Fsp3) is 0.263. The van der Waals surface area contributed by atoms with Crippen molar-refractivity contribution in [1.29, 1.82) is 0 Å². The van der Waals surface area contributed by atoms with Crippen LogP contribution in [0, 0.1) is 12.7 Å². The first-order valence-electron chi connectivity index (χ1n) is 7.82. The molecule has 0 heterocycles. The van der Waals surface area contributed by atoms with Crippen molar-refractivity contribution >= 4 is 17.5 Å². The first-order valence-corrected chi connectivity index (χ1v) is 7.82. The van der Waals surface area contributed by atoms with Crippen molar-refractivity contribution in [2.75, 3.05) is 18.0 Å². The second kappa shape index (κ2) is 8.24. The van der Waals surface area contributed by atoms with Crippen LogP contribution in [0.25, 0.3) is 0 Å². The molecule has 4 nitrogen and oxygen atoms in total. The third-order valence-electron chi connectivity index (χ3n) is 3.67. The van der Waals surface area contributed by atoms with E-state index in [9.17, 15) is 14.0 Å². The largest absolute Gasteiger partial charge is 0.354 e. The smallest absolute Gasteiger partial charge is 0.224 e. The highest BCUT2D eigenvalue weighted by Crippen LogP contribution is 2.18. The van der Waals surface area contributed by atoms with E-state index in [0.29, 0.717) is 0 Å². The summed E-state index contributed by atoms with van der Waals surface area (Å²) >= 11 is 0. The molecule has 0 saturated carbocycles. The lowest BCUT2D eigenvalue weighted by Crippen LogP contribution is -2.38. The fourth-order valence-corrected chi connectivity index (χ4v) is 2.38. The number of hydrogen-bond donors (Lipinski definition) is 1. The van der Waals surface area contributed by atoms with Crippen molar-refractivity contribution in [2.24, 2.45) is 0 Å². The topological polar surface area (TPSA) is 49.4 Å². The third kappa shape index (κ3) is 4.91. The molecule has 0 atom stereocenters. The third-order valence-corrected chi connectivity index (χ3v) is 3.67. The quantitative estimate of drug-likeness (QED) is 0.886. The molecule has 0 fully saturated rings. The van der Waals surface area contributed by atoms with Crippen LogP contribution in [0.5, 0.6) is 0 Å². The highest BCUT2D eigenvalue weighted by atomic mass is 19.1. The second-order valence-electron chi connectivity index (χ2n) is 5.63. The number of amides is 2. The van der Waals surface area contributed by atoms with Gasteiger partial charge in [-0.05, 0) is 24.6 Å². The zero-order valence-electron chi connectivity index (χ0n) is 13.9. The van der Waals surface area contributed by atoms with E-state index in [4.69, 9.17) is 0 Å². The van der Waals surface area contributed by atoms with Gasteiger partial charge >= 0.3 is 0 Å². The van der Waals surface area contributed by atoms with Gasteiger partial charge in [-0.1, -0.05) is 42.0 Å². The van der Waals surface area contributed by atoms with Crippen molar-refractivity contribution < 1.29 is 14.0 Å². The molecule has 0 aliphatic heterocycles. The molecule has 0 bridgehead atoms. The Morgan fingerprint density at radius 3 is 2.38 bits per heavy atom. The van der Waals surface area contributed by atoms with E-state index in [2.05, 4.69) is 5.32 Å². The van der Waals surface area contributed by atoms with Gasteiger partial charge in [-0.2, -0.15) is 0 Å². The van der Waals surface area contributed by atoms with Gasteiger partial charge in [0.05, 0.1) is 12.1 Å². The first kappa shape index (κ1) is 17.7. The Labute approximate surface area is 141 Å². The maximum Gasteiger partial charge on any atom is 0.224 e. The van der Waals surface area contributed by atoms with Crippen LogP contribution in [0.2, 0.25) is 0 Å². The van der Waals surface area contributed by atoms with Crippen molar-refractivity contribution in [1.82, 2.24) is 5.32 Å². The van der Waals surface area contributed by atoms with Gasteiger partial charge in [-0.3, -0.25) is 9.59 Å². The monoisotopic (exact) mass is 328 g/mol. The maximum atomic E-state index is 13.8. The van der Waals surface area contributed by atoms with E-state index in [-0.39, 0.29) is 37.0 Å². The molecule has 1 N–H and O–H groups in total. The standard InChI is InChI=1S/C19H21FN2O2/c1-14-7-9-16(10-8-14)13-19(24)21-11-12-22(15(2)23)18-6-4-3-5-17(18)20/h3-10H,11-13H2,1-2H3,(H,21,24). The maximum absolute atomic E-state index is 13.8. The SMILES string of the molecule is CC(=O)N(CCNC(=O)Cc1ccc(C)cc1)c1ccccc1F. The van der Waals surface area contributed by atoms with Crippen molar-refractivity contribution in [3.05, 3.63) is 65.5 Å². The Kier molecular flexibility index (Phi) is 6.07. The Hall–Kier alpha value is -2.69. The molecule has 2 aromatic rings. The molecule has 0 aliphatic rings. The number of nitrogens with zero attached hydrogens (tertiary/aromatic N) is 1. The average molecular weight is 328 g/mol. The normalized spacial score (nSPS) is 10.3. The lowest BCUT2D eigenvalue weighted by Gasteiger charge is -2.21. The van der Waals surface area contributed by atoms with E-state index >= 15 is 0 Å². The number of carbonyl (C=O) groups excluding carboxylic acids is 2. The molecule has 24 heavy (non-hydrogen) atoms. The van der Waals surface area contributed by atoms with E-state index in [1.54, 1.807) is 18.2 Å². The molecule has 0 saturated heterocycles. The Balaban J connectivity index is 1.89. The molecule has 126 valence electrons. The Morgan fingerprint density at radius 1 is 1.08 bits per heavy atom. The summed E-state index contributed by atoms with van der Waals surface area (Å²) in [4.78, 5) is 25.0. The minimum Gasteiger partial charge on any atom is -0.354 e. The number of para-hydroxylation sites is 1. The van der Waals surface area contributed by atoms with Crippen molar-refractivity contribution in [3.8, 4) is 0 Å². The molecule has 2 rings (SSSR count). The molecule has 2 amide bonds. The van der Waals surface area contributed by atoms with Crippen molar-refractivity contribution in [3.63, 3.8) is 0 Å². The molecule has 0 spiro atoms. The minimum atomic E-state index is -0.460. The Bertz CT molecular complexity index is 714. The van der Waals surface area contributed by atoms with Gasteiger partial charge in [0.15, 0.2) is 0 Å². The minimum absolute atomic E-state index is 0.129. The summed E-state index contributed by atoms with van der Waals surface area (Å²) < 4.78 is 13.8. The predicted octanol–water partition coefficient (Wildman–Crippen LogP) is 2.85. The second-order valence-corrected chi connectivity index (χ2v) is 5.63. The summed E-state index contributed by atoms with van der Waals surface area (Å²) in [5.74, 6) is -0.859. The number of rotatable bonds is 6. The molecule has 0 aliphatic carbocycles. The van der Waals surface area contributed by atoms with Gasteiger partial charge in [0.2, 0.25) is 11.8 Å². The highest BCUT2D eigenvalue weighted by Gasteiger charge is 2.15. The lowest BCUT2D eigenvalue weighted by molar-refractivity contribution is -0.121. The van der Waals surface area contributed by atoms with Crippen LogP contribution in [0.15, 0.2) is 48.5 Å². The van der Waals surface area contributed by atoms with E-state index < -0.39 is 5.82 Å². The van der Waals surface area contributed by atoms with Crippen molar-refractivity contribution in [2.45, 2.75) is 20.3 Å². The van der Waals surface area contributed by atoms with E-state index in [1.807, 2.05) is 31.2 Å². The first-order chi connectivity index (χ1) is 11.5. The van der Waals surface area contributed by atoms with Crippen LogP contribution < -0.4 is 10.2 Å². The number of benzene rings is 2. The molecule has 2 aromatic carbocycles. The highest BCUT2D eigenvalue weighted by molar-refractivity contribution is 5.91. The molecule has 0 unspecified atom stereocenters. The number of carbonyl (C=O) groups is 2.